The second-order valence-corrected chi connectivity index (χ2v) is 5.36. The number of rotatable bonds is 4. The first-order valence-corrected chi connectivity index (χ1v) is 6.91. The zero-order valence-corrected chi connectivity index (χ0v) is 12.1. The zero-order chi connectivity index (χ0) is 14.3. The van der Waals surface area contributed by atoms with E-state index in [0.29, 0.717) is 34.0 Å². The van der Waals surface area contributed by atoms with E-state index in [1.54, 1.807) is 20.1 Å². The van der Waals surface area contributed by atoms with E-state index in [-0.39, 0.29) is 5.75 Å². The SMILES string of the molecule is COc1c(Cl)cccc1-c1c(NC2CC2)oc(C)c1O. The Morgan fingerprint density at radius 3 is 2.80 bits per heavy atom. The van der Waals surface area contributed by atoms with Crippen LogP contribution < -0.4 is 10.1 Å². The highest BCUT2D eigenvalue weighted by Gasteiger charge is 2.28. The number of hydrogen-bond acceptors (Lipinski definition) is 4. The summed E-state index contributed by atoms with van der Waals surface area (Å²) >= 11 is 6.15. The van der Waals surface area contributed by atoms with Crippen molar-refractivity contribution >= 4 is 17.5 Å². The lowest BCUT2D eigenvalue weighted by Crippen LogP contribution is -2.01. The van der Waals surface area contributed by atoms with Gasteiger partial charge in [0.2, 0.25) is 5.88 Å². The maximum atomic E-state index is 10.3. The van der Waals surface area contributed by atoms with E-state index in [1.807, 2.05) is 12.1 Å². The molecule has 1 aromatic heterocycles. The smallest absolute Gasteiger partial charge is 0.205 e. The molecule has 1 saturated carbocycles. The summed E-state index contributed by atoms with van der Waals surface area (Å²) in [4.78, 5) is 0. The molecule has 106 valence electrons. The summed E-state index contributed by atoms with van der Waals surface area (Å²) in [5.74, 6) is 1.70. The Morgan fingerprint density at radius 1 is 1.40 bits per heavy atom. The van der Waals surface area contributed by atoms with Gasteiger partial charge in [0.1, 0.15) is 11.5 Å². The van der Waals surface area contributed by atoms with E-state index in [0.717, 1.165) is 18.4 Å². The molecule has 2 N–H and O–H groups in total. The van der Waals surface area contributed by atoms with Crippen molar-refractivity contribution in [1.82, 2.24) is 0 Å². The van der Waals surface area contributed by atoms with Crippen molar-refractivity contribution in [2.75, 3.05) is 12.4 Å². The van der Waals surface area contributed by atoms with E-state index >= 15 is 0 Å². The molecular formula is C15H16ClNO3. The highest BCUT2D eigenvalue weighted by atomic mass is 35.5. The fourth-order valence-electron chi connectivity index (χ4n) is 2.21. The molecule has 0 unspecified atom stereocenters. The minimum absolute atomic E-state index is 0.119. The second kappa shape index (κ2) is 4.94. The molecule has 2 aromatic rings. The number of anilines is 1. The number of aromatic hydroxyl groups is 1. The highest BCUT2D eigenvalue weighted by molar-refractivity contribution is 6.32. The topological polar surface area (TPSA) is 54.6 Å². The van der Waals surface area contributed by atoms with Crippen molar-refractivity contribution in [2.45, 2.75) is 25.8 Å². The van der Waals surface area contributed by atoms with Crippen LogP contribution in [0, 0.1) is 6.92 Å². The molecule has 0 radical (unpaired) electrons. The number of ether oxygens (including phenoxy) is 1. The molecule has 0 aliphatic heterocycles. The van der Waals surface area contributed by atoms with Gasteiger partial charge < -0.3 is 19.6 Å². The minimum Gasteiger partial charge on any atom is -0.504 e. The van der Waals surface area contributed by atoms with Gasteiger partial charge in [-0.3, -0.25) is 0 Å². The van der Waals surface area contributed by atoms with Crippen molar-refractivity contribution in [3.05, 3.63) is 29.0 Å². The van der Waals surface area contributed by atoms with Gasteiger partial charge in [-0.1, -0.05) is 23.7 Å². The average molecular weight is 294 g/mol. The van der Waals surface area contributed by atoms with E-state index in [9.17, 15) is 5.11 Å². The van der Waals surface area contributed by atoms with Crippen molar-refractivity contribution in [1.29, 1.82) is 0 Å². The molecule has 1 heterocycles. The van der Waals surface area contributed by atoms with Crippen LogP contribution in [0.3, 0.4) is 0 Å². The quantitative estimate of drug-likeness (QED) is 0.887. The normalized spacial score (nSPS) is 14.3. The van der Waals surface area contributed by atoms with E-state index in [4.69, 9.17) is 20.8 Å². The van der Waals surface area contributed by atoms with Gasteiger partial charge in [0.25, 0.3) is 0 Å². The van der Waals surface area contributed by atoms with Crippen LogP contribution in [0.25, 0.3) is 11.1 Å². The Bertz CT molecular complexity index is 647. The fraction of sp³-hybridized carbons (Fsp3) is 0.333. The summed E-state index contributed by atoms with van der Waals surface area (Å²) in [5.41, 5.74) is 1.33. The molecule has 1 fully saturated rings. The summed E-state index contributed by atoms with van der Waals surface area (Å²) in [6.45, 7) is 1.73. The lowest BCUT2D eigenvalue weighted by atomic mass is 10.1. The van der Waals surface area contributed by atoms with Gasteiger partial charge in [0, 0.05) is 11.6 Å². The Morgan fingerprint density at radius 2 is 2.15 bits per heavy atom. The van der Waals surface area contributed by atoms with Crippen LogP contribution in [0.15, 0.2) is 22.6 Å². The Labute approximate surface area is 122 Å². The van der Waals surface area contributed by atoms with Crippen molar-refractivity contribution in [2.24, 2.45) is 0 Å². The monoisotopic (exact) mass is 293 g/mol. The van der Waals surface area contributed by atoms with Crippen molar-refractivity contribution < 1.29 is 14.3 Å². The van der Waals surface area contributed by atoms with Crippen molar-refractivity contribution in [3.63, 3.8) is 0 Å². The Hall–Kier alpha value is -1.81. The number of benzene rings is 1. The van der Waals surface area contributed by atoms with E-state index < -0.39 is 0 Å². The lowest BCUT2D eigenvalue weighted by Gasteiger charge is -2.11. The largest absolute Gasteiger partial charge is 0.504 e. The summed E-state index contributed by atoms with van der Waals surface area (Å²) < 4.78 is 11.0. The van der Waals surface area contributed by atoms with Gasteiger partial charge in [-0.15, -0.1) is 0 Å². The number of aryl methyl sites for hydroxylation is 1. The minimum atomic E-state index is 0.119. The zero-order valence-electron chi connectivity index (χ0n) is 11.4. The molecule has 3 rings (SSSR count). The number of methoxy groups -OCH3 is 1. The molecule has 1 aliphatic carbocycles. The molecule has 0 amide bonds. The van der Waals surface area contributed by atoms with Crippen LogP contribution >= 0.6 is 11.6 Å². The first-order valence-electron chi connectivity index (χ1n) is 6.53. The predicted molar refractivity (Wildman–Crippen MR) is 78.8 cm³/mol. The Kier molecular flexibility index (Phi) is 3.26. The van der Waals surface area contributed by atoms with Gasteiger partial charge >= 0.3 is 0 Å². The third kappa shape index (κ3) is 2.20. The molecule has 0 spiro atoms. The van der Waals surface area contributed by atoms with Gasteiger partial charge in [0.05, 0.1) is 17.7 Å². The van der Waals surface area contributed by atoms with Crippen LogP contribution in [0.2, 0.25) is 5.02 Å². The third-order valence-electron chi connectivity index (χ3n) is 3.41. The average Bonchev–Trinajstić information content (AvgIpc) is 3.18. The maximum absolute atomic E-state index is 10.3. The molecule has 0 bridgehead atoms. The van der Waals surface area contributed by atoms with Crippen LogP contribution in [-0.2, 0) is 0 Å². The Balaban J connectivity index is 2.15. The maximum Gasteiger partial charge on any atom is 0.205 e. The fourth-order valence-corrected chi connectivity index (χ4v) is 2.47. The predicted octanol–water partition coefficient (Wildman–Crippen LogP) is 4.20. The summed E-state index contributed by atoms with van der Waals surface area (Å²) in [7, 11) is 1.56. The van der Waals surface area contributed by atoms with Crippen LogP contribution in [0.5, 0.6) is 11.5 Å². The molecule has 20 heavy (non-hydrogen) atoms. The third-order valence-corrected chi connectivity index (χ3v) is 3.70. The second-order valence-electron chi connectivity index (χ2n) is 4.95. The molecule has 4 nitrogen and oxygen atoms in total. The number of hydrogen-bond donors (Lipinski definition) is 2. The molecular weight excluding hydrogens is 278 g/mol. The first-order chi connectivity index (χ1) is 9.61. The summed E-state index contributed by atoms with van der Waals surface area (Å²) in [5, 5.41) is 14.1. The molecule has 1 aromatic carbocycles. The van der Waals surface area contributed by atoms with Crippen LogP contribution in [0.4, 0.5) is 5.88 Å². The first kappa shape index (κ1) is 13.2. The summed E-state index contributed by atoms with van der Waals surface area (Å²) in [6, 6.07) is 5.85. The van der Waals surface area contributed by atoms with Gasteiger partial charge in [-0.25, -0.2) is 0 Å². The number of halogens is 1. The molecule has 5 heteroatoms. The van der Waals surface area contributed by atoms with Gasteiger partial charge in [-0.2, -0.15) is 0 Å². The van der Waals surface area contributed by atoms with Crippen molar-refractivity contribution in [3.8, 4) is 22.6 Å². The van der Waals surface area contributed by atoms with E-state index in [1.165, 1.54) is 0 Å². The number of para-hydroxylation sites is 1. The van der Waals surface area contributed by atoms with Gasteiger partial charge in [0.15, 0.2) is 5.75 Å². The molecule has 1 aliphatic rings. The van der Waals surface area contributed by atoms with Crippen LogP contribution in [-0.4, -0.2) is 18.3 Å². The number of furan rings is 1. The van der Waals surface area contributed by atoms with E-state index in [2.05, 4.69) is 5.32 Å². The van der Waals surface area contributed by atoms with Crippen LogP contribution in [0.1, 0.15) is 18.6 Å². The van der Waals surface area contributed by atoms with Gasteiger partial charge in [-0.05, 0) is 25.8 Å². The molecule has 0 atom stereocenters. The lowest BCUT2D eigenvalue weighted by molar-refractivity contribution is 0.416. The highest BCUT2D eigenvalue weighted by Crippen LogP contribution is 2.47. The standard InChI is InChI=1S/C15H16ClNO3/c1-8-13(18)12(15(20-8)17-9-6-7-9)10-4-3-5-11(16)14(10)19-2/h3-5,9,17-18H,6-7H2,1-2H3. The summed E-state index contributed by atoms with van der Waals surface area (Å²) in [6.07, 6.45) is 2.24. The number of nitrogens with one attached hydrogen (secondary N) is 1. The molecule has 0 saturated heterocycles.